The molecule has 152 valence electrons. The molecule has 4 rings (SSSR count). The third kappa shape index (κ3) is 3.48. The SMILES string of the molecule is [2H]C([2H])([2H])NC(=O)c1c(-c2ccc(F)cc2)oc2cc3c(cc12)CCCCN3S(C)(=O)=O. The molecule has 8 heteroatoms. The van der Waals surface area contributed by atoms with E-state index in [-0.39, 0.29) is 16.9 Å². The number of halogens is 1. The van der Waals surface area contributed by atoms with Gasteiger partial charge < -0.3 is 9.73 Å². The number of nitrogens with zero attached hydrogens (tertiary/aromatic N) is 1. The summed E-state index contributed by atoms with van der Waals surface area (Å²) in [7, 11) is -3.54. The van der Waals surface area contributed by atoms with Gasteiger partial charge in [-0.1, -0.05) is 0 Å². The predicted molar refractivity (Wildman–Crippen MR) is 110 cm³/mol. The summed E-state index contributed by atoms with van der Waals surface area (Å²) >= 11 is 0. The van der Waals surface area contributed by atoms with Crippen molar-refractivity contribution in [1.29, 1.82) is 0 Å². The maximum Gasteiger partial charge on any atom is 0.255 e. The first-order valence-electron chi connectivity index (χ1n) is 10.6. The molecule has 0 aliphatic carbocycles. The van der Waals surface area contributed by atoms with Crippen LogP contribution in [-0.2, 0) is 16.4 Å². The number of nitrogens with one attached hydrogen (secondary N) is 1. The van der Waals surface area contributed by atoms with Crippen LogP contribution in [0.15, 0.2) is 40.8 Å². The number of aryl methyl sites for hydroxylation is 1. The van der Waals surface area contributed by atoms with Crippen LogP contribution in [0.4, 0.5) is 10.1 Å². The van der Waals surface area contributed by atoms with Crippen molar-refractivity contribution in [2.75, 3.05) is 24.1 Å². The number of carbonyl (C=O) groups excluding carboxylic acids is 1. The number of benzene rings is 2. The van der Waals surface area contributed by atoms with Gasteiger partial charge >= 0.3 is 0 Å². The molecule has 2 heterocycles. The molecule has 6 nitrogen and oxygen atoms in total. The van der Waals surface area contributed by atoms with E-state index in [9.17, 15) is 17.6 Å². The molecule has 1 aliphatic rings. The van der Waals surface area contributed by atoms with Crippen LogP contribution >= 0.6 is 0 Å². The lowest BCUT2D eigenvalue weighted by Gasteiger charge is -2.22. The second-order valence-electron chi connectivity index (χ2n) is 7.04. The third-order valence-electron chi connectivity index (χ3n) is 5.06. The molecule has 3 aromatic rings. The van der Waals surface area contributed by atoms with Crippen molar-refractivity contribution >= 4 is 32.6 Å². The molecular formula is C21H21FN2O4S. The summed E-state index contributed by atoms with van der Waals surface area (Å²) in [6.45, 7) is -2.39. The Balaban J connectivity index is 1.98. The fraction of sp³-hybridized carbons (Fsp3) is 0.286. The fourth-order valence-corrected chi connectivity index (χ4v) is 4.73. The minimum Gasteiger partial charge on any atom is -0.455 e. The molecule has 0 unspecified atom stereocenters. The Morgan fingerprint density at radius 1 is 1.24 bits per heavy atom. The van der Waals surface area contributed by atoms with Crippen LogP contribution in [0, 0.1) is 5.82 Å². The summed E-state index contributed by atoms with van der Waals surface area (Å²) in [5, 5.41) is 2.34. The zero-order valence-electron chi connectivity index (χ0n) is 18.7. The van der Waals surface area contributed by atoms with Crippen molar-refractivity contribution in [3.8, 4) is 11.3 Å². The minimum absolute atomic E-state index is 0.000635. The van der Waals surface area contributed by atoms with Gasteiger partial charge in [-0.2, -0.15) is 0 Å². The quantitative estimate of drug-likeness (QED) is 0.702. The van der Waals surface area contributed by atoms with Crippen LogP contribution in [-0.4, -0.2) is 34.1 Å². The van der Waals surface area contributed by atoms with Gasteiger partial charge in [0.1, 0.15) is 17.2 Å². The average molecular weight is 419 g/mol. The number of hydrogen-bond donors (Lipinski definition) is 1. The van der Waals surface area contributed by atoms with Gasteiger partial charge in [0.15, 0.2) is 0 Å². The topological polar surface area (TPSA) is 79.6 Å². The lowest BCUT2D eigenvalue weighted by atomic mass is 10.0. The Labute approximate surface area is 172 Å². The van der Waals surface area contributed by atoms with Crippen molar-refractivity contribution in [3.63, 3.8) is 0 Å². The highest BCUT2D eigenvalue weighted by Crippen LogP contribution is 2.39. The molecule has 0 spiro atoms. The van der Waals surface area contributed by atoms with Crippen LogP contribution in [0.25, 0.3) is 22.3 Å². The number of furan rings is 1. The highest BCUT2D eigenvalue weighted by atomic mass is 32.2. The van der Waals surface area contributed by atoms with Crippen LogP contribution in [0.3, 0.4) is 0 Å². The van der Waals surface area contributed by atoms with Crippen molar-refractivity contribution in [1.82, 2.24) is 5.32 Å². The van der Waals surface area contributed by atoms with E-state index in [2.05, 4.69) is 0 Å². The zero-order chi connectivity index (χ0) is 23.3. The molecular weight excluding hydrogens is 395 g/mol. The van der Waals surface area contributed by atoms with E-state index in [0.29, 0.717) is 36.0 Å². The number of fused-ring (bicyclic) bond motifs is 2. The second kappa shape index (κ2) is 7.18. The predicted octanol–water partition coefficient (Wildman–Crippen LogP) is 3.70. The standard InChI is InChI=1S/C21H21FN2O4S/c1-23-21(25)19-16-11-14-5-3-4-10-24(29(2,26)27)17(14)12-18(16)28-20(19)13-6-8-15(22)9-7-13/h6-9,11-12H,3-5,10H2,1-2H3,(H,23,25)/i1D3. The molecule has 0 atom stereocenters. The van der Waals surface area contributed by atoms with E-state index >= 15 is 0 Å². The van der Waals surface area contributed by atoms with Gasteiger partial charge in [-0.15, -0.1) is 0 Å². The summed E-state index contributed by atoms with van der Waals surface area (Å²) in [5.74, 6) is -1.27. The van der Waals surface area contributed by atoms with E-state index in [1.165, 1.54) is 28.6 Å². The Kier molecular flexibility index (Phi) is 3.96. The van der Waals surface area contributed by atoms with E-state index in [1.54, 1.807) is 12.1 Å². The highest BCUT2D eigenvalue weighted by molar-refractivity contribution is 7.92. The van der Waals surface area contributed by atoms with E-state index in [1.807, 2.05) is 5.32 Å². The summed E-state index contributed by atoms with van der Waals surface area (Å²) in [5.41, 5.74) is 1.80. The number of anilines is 1. The highest BCUT2D eigenvalue weighted by Gasteiger charge is 2.27. The number of carbonyl (C=O) groups is 1. The lowest BCUT2D eigenvalue weighted by molar-refractivity contribution is 0.0964. The largest absolute Gasteiger partial charge is 0.455 e. The third-order valence-corrected chi connectivity index (χ3v) is 6.24. The first-order chi connectivity index (χ1) is 14.9. The minimum atomic E-state index is -3.54. The molecule has 0 saturated carbocycles. The van der Waals surface area contributed by atoms with Gasteiger partial charge in [0, 0.05) is 34.6 Å². The van der Waals surface area contributed by atoms with Gasteiger partial charge in [0.05, 0.1) is 17.5 Å². The zero-order valence-corrected chi connectivity index (χ0v) is 16.5. The van der Waals surface area contributed by atoms with E-state index in [0.717, 1.165) is 18.2 Å². The molecule has 0 radical (unpaired) electrons. The van der Waals surface area contributed by atoms with Gasteiger partial charge in [-0.05, 0) is 55.2 Å². The molecule has 0 saturated heterocycles. The molecule has 0 fully saturated rings. The van der Waals surface area contributed by atoms with Crippen LogP contribution in [0.5, 0.6) is 0 Å². The maximum absolute atomic E-state index is 13.4. The Bertz CT molecular complexity index is 1300. The van der Waals surface area contributed by atoms with E-state index in [4.69, 9.17) is 8.53 Å². The van der Waals surface area contributed by atoms with Crippen molar-refractivity contribution < 1.29 is 26.1 Å². The normalized spacial score (nSPS) is 16.5. The van der Waals surface area contributed by atoms with Crippen molar-refractivity contribution in [3.05, 3.63) is 53.3 Å². The van der Waals surface area contributed by atoms with Gasteiger partial charge in [-0.25, -0.2) is 12.8 Å². The number of hydrogen-bond acceptors (Lipinski definition) is 4. The smallest absolute Gasteiger partial charge is 0.255 e. The van der Waals surface area contributed by atoms with Crippen LogP contribution < -0.4 is 9.62 Å². The molecule has 0 bridgehead atoms. The number of sulfonamides is 1. The van der Waals surface area contributed by atoms with Crippen molar-refractivity contribution in [2.45, 2.75) is 19.3 Å². The lowest BCUT2D eigenvalue weighted by Crippen LogP contribution is -2.30. The first-order valence-corrected chi connectivity index (χ1v) is 10.9. The molecule has 2 aromatic carbocycles. The first kappa shape index (κ1) is 16.0. The summed E-state index contributed by atoms with van der Waals surface area (Å²) in [6, 6.07) is 8.50. The van der Waals surface area contributed by atoms with Gasteiger partial charge in [-0.3, -0.25) is 9.10 Å². The second-order valence-corrected chi connectivity index (χ2v) is 8.94. The fourth-order valence-electron chi connectivity index (χ4n) is 3.74. The van der Waals surface area contributed by atoms with Crippen molar-refractivity contribution in [2.24, 2.45) is 0 Å². The van der Waals surface area contributed by atoms with E-state index < -0.39 is 28.7 Å². The Hall–Kier alpha value is -2.87. The van der Waals surface area contributed by atoms with Crippen LogP contribution in [0.2, 0.25) is 0 Å². The molecule has 29 heavy (non-hydrogen) atoms. The van der Waals surface area contributed by atoms with Crippen LogP contribution in [0.1, 0.15) is 32.9 Å². The Morgan fingerprint density at radius 2 is 2.00 bits per heavy atom. The summed E-state index contributed by atoms with van der Waals surface area (Å²) < 4.78 is 67.6. The number of amides is 1. The number of rotatable bonds is 3. The molecule has 1 amide bonds. The molecule has 1 aliphatic heterocycles. The Morgan fingerprint density at radius 3 is 2.69 bits per heavy atom. The summed E-state index contributed by atoms with van der Waals surface area (Å²) in [4.78, 5) is 12.9. The monoisotopic (exact) mass is 419 g/mol. The average Bonchev–Trinajstić information content (AvgIpc) is 2.90. The van der Waals surface area contributed by atoms with Gasteiger partial charge in [0.25, 0.3) is 5.91 Å². The molecule has 1 aromatic heterocycles. The molecule has 1 N–H and O–H groups in total. The summed E-state index contributed by atoms with van der Waals surface area (Å²) in [6.07, 6.45) is 3.16. The maximum atomic E-state index is 13.4. The van der Waals surface area contributed by atoms with Gasteiger partial charge in [0.2, 0.25) is 10.0 Å².